The molecule has 2 aromatic heterocycles. The van der Waals surface area contributed by atoms with E-state index in [1.165, 1.54) is 18.5 Å². The molecule has 174 valence electrons. The van der Waals surface area contributed by atoms with Gasteiger partial charge >= 0.3 is 6.61 Å². The number of ether oxygens (including phenoxy) is 2. The Bertz CT molecular complexity index is 1370. The Morgan fingerprint density at radius 2 is 1.82 bits per heavy atom. The zero-order valence-electron chi connectivity index (χ0n) is 17.7. The lowest BCUT2D eigenvalue weighted by Gasteiger charge is -2.31. The fraction of sp³-hybridized carbons (Fsp3) is 0.292. The highest BCUT2D eigenvalue weighted by molar-refractivity contribution is 5.83. The predicted molar refractivity (Wildman–Crippen MR) is 114 cm³/mol. The van der Waals surface area contributed by atoms with Crippen LogP contribution in [0.15, 0.2) is 54.9 Å². The number of fused-ring (bicyclic) bond motifs is 3. The average molecular weight is 470 g/mol. The van der Waals surface area contributed by atoms with Crippen molar-refractivity contribution >= 4 is 11.0 Å². The highest BCUT2D eigenvalue weighted by Gasteiger charge is 2.43. The number of aromatic nitrogens is 4. The molecule has 6 nitrogen and oxygen atoms in total. The number of hydrogen-bond acceptors (Lipinski definition) is 5. The van der Waals surface area contributed by atoms with Gasteiger partial charge in [0.05, 0.1) is 30.3 Å². The van der Waals surface area contributed by atoms with Crippen LogP contribution < -0.4 is 4.74 Å². The standard InChI is InChI=1S/C24H18F4N4O2/c25-16-8-18(15-3-1-2-4-20(15)34-23(26)27)32-19-7-13(5-6-17(19)31-21(16)32)14-9-29-22(30-10-14)24(28)11-33-12-24/h1-7,9-10,16,18,23H,8,11-12H2/t16-,18-/m1/s1. The molecular weight excluding hydrogens is 452 g/mol. The van der Waals surface area contributed by atoms with E-state index >= 15 is 0 Å². The summed E-state index contributed by atoms with van der Waals surface area (Å²) in [6, 6.07) is 11.2. The number of nitrogens with zero attached hydrogens (tertiary/aromatic N) is 4. The smallest absolute Gasteiger partial charge is 0.387 e. The molecule has 0 unspecified atom stereocenters. The summed E-state index contributed by atoms with van der Waals surface area (Å²) in [7, 11) is 0. The van der Waals surface area contributed by atoms with Crippen LogP contribution in [0, 0.1) is 0 Å². The normalized spacial score (nSPS) is 21.0. The van der Waals surface area contributed by atoms with Crippen molar-refractivity contribution in [2.75, 3.05) is 13.2 Å². The van der Waals surface area contributed by atoms with Gasteiger partial charge in [-0.3, -0.25) is 0 Å². The number of rotatable bonds is 5. The van der Waals surface area contributed by atoms with Gasteiger partial charge in [0.2, 0.25) is 5.67 Å². The molecule has 2 aliphatic rings. The van der Waals surface area contributed by atoms with Gasteiger partial charge in [-0.25, -0.2) is 23.7 Å². The van der Waals surface area contributed by atoms with Crippen LogP contribution in [-0.2, 0) is 10.4 Å². The summed E-state index contributed by atoms with van der Waals surface area (Å²) in [6.07, 6.45) is 1.77. The average Bonchev–Trinajstić information content (AvgIpc) is 3.35. The highest BCUT2D eigenvalue weighted by Crippen LogP contribution is 2.46. The number of alkyl halides is 4. The third-order valence-corrected chi connectivity index (χ3v) is 6.28. The minimum Gasteiger partial charge on any atom is -0.434 e. The first-order valence-corrected chi connectivity index (χ1v) is 10.7. The van der Waals surface area contributed by atoms with Gasteiger partial charge in [0.25, 0.3) is 0 Å². The highest BCUT2D eigenvalue weighted by atomic mass is 19.3. The Balaban J connectivity index is 1.42. The SMILES string of the molecule is FC(F)Oc1ccccc1[C@H]1C[C@@H](F)c2nc3ccc(-c4cnc(C5(F)COC5)nc4)cc3n21. The second-order valence-corrected chi connectivity index (χ2v) is 8.43. The van der Waals surface area contributed by atoms with Crippen LogP contribution in [0.5, 0.6) is 5.75 Å². The molecule has 6 rings (SSSR count). The van der Waals surface area contributed by atoms with Crippen molar-refractivity contribution in [2.45, 2.75) is 30.9 Å². The molecule has 4 aromatic rings. The molecule has 2 atom stereocenters. The molecular formula is C24H18F4N4O2. The largest absolute Gasteiger partial charge is 0.434 e. The lowest BCUT2D eigenvalue weighted by Crippen LogP contribution is -2.43. The topological polar surface area (TPSA) is 62.1 Å². The summed E-state index contributed by atoms with van der Waals surface area (Å²) in [5.41, 5.74) is 1.40. The van der Waals surface area contributed by atoms with Gasteiger partial charge in [-0.2, -0.15) is 8.78 Å². The van der Waals surface area contributed by atoms with E-state index in [0.29, 0.717) is 22.2 Å². The van der Waals surface area contributed by atoms with E-state index < -0.39 is 24.5 Å². The maximum atomic E-state index is 15.0. The van der Waals surface area contributed by atoms with Crippen LogP contribution in [0.1, 0.15) is 35.8 Å². The first-order valence-electron chi connectivity index (χ1n) is 10.7. The molecule has 2 aliphatic heterocycles. The van der Waals surface area contributed by atoms with Crippen molar-refractivity contribution in [1.82, 2.24) is 19.5 Å². The lowest BCUT2D eigenvalue weighted by molar-refractivity contribution is -0.140. The van der Waals surface area contributed by atoms with Crippen molar-refractivity contribution in [2.24, 2.45) is 0 Å². The summed E-state index contributed by atoms with van der Waals surface area (Å²) in [6.45, 7) is -3.13. The van der Waals surface area contributed by atoms with Gasteiger partial charge < -0.3 is 14.0 Å². The molecule has 4 heterocycles. The second kappa shape index (κ2) is 7.76. The molecule has 1 saturated heterocycles. The zero-order chi connectivity index (χ0) is 23.4. The van der Waals surface area contributed by atoms with Gasteiger partial charge in [-0.15, -0.1) is 0 Å². The van der Waals surface area contributed by atoms with Crippen LogP contribution in [0.3, 0.4) is 0 Å². The van der Waals surface area contributed by atoms with Gasteiger partial charge in [-0.1, -0.05) is 24.3 Å². The third-order valence-electron chi connectivity index (χ3n) is 6.28. The van der Waals surface area contributed by atoms with E-state index in [0.717, 1.165) is 5.56 Å². The van der Waals surface area contributed by atoms with Crippen molar-refractivity contribution in [3.63, 3.8) is 0 Å². The molecule has 0 spiro atoms. The molecule has 0 bridgehead atoms. The van der Waals surface area contributed by atoms with Crippen molar-refractivity contribution in [3.05, 3.63) is 72.1 Å². The van der Waals surface area contributed by atoms with E-state index in [2.05, 4.69) is 15.0 Å². The predicted octanol–water partition coefficient (Wildman–Crippen LogP) is 5.29. The lowest BCUT2D eigenvalue weighted by atomic mass is 10.0. The summed E-state index contributed by atoms with van der Waals surface area (Å²) < 4.78 is 66.7. The number of benzene rings is 2. The first-order chi connectivity index (χ1) is 16.4. The van der Waals surface area contributed by atoms with E-state index in [1.54, 1.807) is 34.9 Å². The zero-order valence-corrected chi connectivity index (χ0v) is 17.7. The summed E-state index contributed by atoms with van der Waals surface area (Å²) in [5.74, 6) is 0.314. The summed E-state index contributed by atoms with van der Waals surface area (Å²) >= 11 is 0. The number of halogens is 4. The number of hydrogen-bond donors (Lipinski definition) is 0. The molecule has 0 aliphatic carbocycles. The van der Waals surface area contributed by atoms with Crippen LogP contribution >= 0.6 is 0 Å². The van der Waals surface area contributed by atoms with Crippen molar-refractivity contribution in [3.8, 4) is 16.9 Å². The number of imidazole rings is 1. The number of para-hydroxylation sites is 1. The molecule has 0 saturated carbocycles. The van der Waals surface area contributed by atoms with Crippen molar-refractivity contribution < 1.29 is 27.0 Å². The maximum Gasteiger partial charge on any atom is 0.387 e. The monoisotopic (exact) mass is 470 g/mol. The quantitative estimate of drug-likeness (QED) is 0.371. The van der Waals surface area contributed by atoms with Gasteiger partial charge in [-0.05, 0) is 23.8 Å². The Morgan fingerprint density at radius 1 is 1.06 bits per heavy atom. The Labute approximate surface area is 191 Å². The van der Waals surface area contributed by atoms with Gasteiger partial charge in [0.15, 0.2) is 12.0 Å². The third kappa shape index (κ3) is 3.32. The fourth-order valence-corrected chi connectivity index (χ4v) is 4.59. The maximum absolute atomic E-state index is 15.0. The molecule has 0 N–H and O–H groups in total. The van der Waals surface area contributed by atoms with Crippen LogP contribution in [0.25, 0.3) is 22.2 Å². The van der Waals surface area contributed by atoms with Crippen LogP contribution in [0.2, 0.25) is 0 Å². The van der Waals surface area contributed by atoms with Gasteiger partial charge in [0, 0.05) is 29.9 Å². The van der Waals surface area contributed by atoms with Crippen molar-refractivity contribution in [1.29, 1.82) is 0 Å². The molecule has 0 radical (unpaired) electrons. The molecule has 34 heavy (non-hydrogen) atoms. The minimum absolute atomic E-state index is 0.00432. The fourth-order valence-electron chi connectivity index (χ4n) is 4.59. The second-order valence-electron chi connectivity index (χ2n) is 8.43. The Hall–Kier alpha value is -3.53. The molecule has 10 heteroatoms. The van der Waals surface area contributed by atoms with E-state index in [-0.39, 0.29) is 37.0 Å². The van der Waals surface area contributed by atoms with Gasteiger partial charge in [0.1, 0.15) is 11.6 Å². The molecule has 0 amide bonds. The van der Waals surface area contributed by atoms with E-state index in [1.807, 2.05) is 6.07 Å². The van der Waals surface area contributed by atoms with E-state index in [4.69, 9.17) is 9.47 Å². The summed E-state index contributed by atoms with van der Waals surface area (Å²) in [5, 5.41) is 0. The van der Waals surface area contributed by atoms with Crippen LogP contribution in [0.4, 0.5) is 17.6 Å². The first kappa shape index (κ1) is 21.0. The van der Waals surface area contributed by atoms with E-state index in [9.17, 15) is 17.6 Å². The van der Waals surface area contributed by atoms with Crippen LogP contribution in [-0.4, -0.2) is 39.3 Å². The molecule has 2 aromatic carbocycles. The Morgan fingerprint density at radius 3 is 2.53 bits per heavy atom. The summed E-state index contributed by atoms with van der Waals surface area (Å²) in [4.78, 5) is 12.8. The Kier molecular flexibility index (Phi) is 4.80. The minimum atomic E-state index is -2.99. The molecule has 1 fully saturated rings.